The Hall–Kier alpha value is -2.12. The number of aryl methyl sites for hydroxylation is 2. The Morgan fingerprint density at radius 1 is 1.21 bits per heavy atom. The van der Waals surface area contributed by atoms with Crippen molar-refractivity contribution in [2.24, 2.45) is 0 Å². The number of rotatable bonds is 7. The summed E-state index contributed by atoms with van der Waals surface area (Å²) in [4.78, 5) is 34.1. The molecule has 1 amide bonds. The van der Waals surface area contributed by atoms with E-state index in [0.717, 1.165) is 20.8 Å². The lowest BCUT2D eigenvalue weighted by Crippen LogP contribution is -2.32. The Bertz CT molecular complexity index is 1040. The number of nitrogens with zero attached hydrogens (tertiary/aromatic N) is 3. The first kappa shape index (κ1) is 20.6. The van der Waals surface area contributed by atoms with Crippen molar-refractivity contribution >= 4 is 39.2 Å². The molecule has 0 saturated carbocycles. The minimum absolute atomic E-state index is 0.0130. The molecule has 0 aliphatic heterocycles. The van der Waals surface area contributed by atoms with Crippen molar-refractivity contribution < 1.29 is 4.79 Å². The van der Waals surface area contributed by atoms with Gasteiger partial charge in [0.05, 0.1) is 11.1 Å². The van der Waals surface area contributed by atoms with Gasteiger partial charge in [-0.2, -0.15) is 0 Å². The van der Waals surface area contributed by atoms with Crippen LogP contribution in [0.4, 0.5) is 0 Å². The molecular formula is C21H25N3O2S2. The van der Waals surface area contributed by atoms with Gasteiger partial charge in [-0.1, -0.05) is 42.1 Å². The van der Waals surface area contributed by atoms with Crippen molar-refractivity contribution in [1.82, 2.24) is 14.5 Å². The van der Waals surface area contributed by atoms with Crippen LogP contribution in [0, 0.1) is 13.8 Å². The van der Waals surface area contributed by atoms with E-state index in [1.807, 2.05) is 62.9 Å². The highest BCUT2D eigenvalue weighted by molar-refractivity contribution is 7.99. The number of thiophene rings is 1. The van der Waals surface area contributed by atoms with Crippen LogP contribution in [-0.2, 0) is 17.9 Å². The molecule has 0 aliphatic carbocycles. The van der Waals surface area contributed by atoms with Crippen LogP contribution < -0.4 is 5.56 Å². The van der Waals surface area contributed by atoms with Gasteiger partial charge in [-0.25, -0.2) is 4.98 Å². The molecule has 2 heterocycles. The first-order valence-corrected chi connectivity index (χ1v) is 11.2. The van der Waals surface area contributed by atoms with E-state index in [4.69, 9.17) is 4.98 Å². The molecule has 0 atom stereocenters. The first-order valence-electron chi connectivity index (χ1n) is 9.41. The summed E-state index contributed by atoms with van der Waals surface area (Å²) < 4.78 is 1.67. The van der Waals surface area contributed by atoms with E-state index in [1.54, 1.807) is 4.57 Å². The first-order chi connectivity index (χ1) is 13.5. The van der Waals surface area contributed by atoms with Crippen molar-refractivity contribution in [2.45, 2.75) is 45.9 Å². The molecule has 0 spiro atoms. The van der Waals surface area contributed by atoms with E-state index in [9.17, 15) is 9.59 Å². The molecule has 3 rings (SSSR count). The summed E-state index contributed by atoms with van der Waals surface area (Å²) in [5, 5.41) is 1.32. The van der Waals surface area contributed by atoms with Gasteiger partial charge in [0, 0.05) is 24.5 Å². The van der Waals surface area contributed by atoms with Gasteiger partial charge in [-0.3, -0.25) is 14.2 Å². The molecule has 2 aromatic heterocycles. The number of hydrogen-bond donors (Lipinski definition) is 0. The van der Waals surface area contributed by atoms with Crippen LogP contribution in [0.25, 0.3) is 10.2 Å². The fourth-order valence-electron chi connectivity index (χ4n) is 3.10. The lowest BCUT2D eigenvalue weighted by Gasteiger charge is -2.21. The molecule has 0 fully saturated rings. The zero-order valence-corrected chi connectivity index (χ0v) is 18.3. The van der Waals surface area contributed by atoms with Gasteiger partial charge in [0.2, 0.25) is 5.91 Å². The highest BCUT2D eigenvalue weighted by atomic mass is 32.2. The van der Waals surface area contributed by atoms with Crippen LogP contribution in [0.5, 0.6) is 0 Å². The molecule has 3 aromatic rings. The van der Waals surface area contributed by atoms with Gasteiger partial charge in [0.25, 0.3) is 5.56 Å². The van der Waals surface area contributed by atoms with Crippen molar-refractivity contribution in [3.63, 3.8) is 0 Å². The smallest absolute Gasteiger partial charge is 0.263 e. The average molecular weight is 416 g/mol. The number of aromatic nitrogens is 2. The van der Waals surface area contributed by atoms with Crippen LogP contribution in [0.1, 0.15) is 29.9 Å². The SMILES string of the molecule is CCN(Cc1ccccc1)C(=O)CSc1nc2sc(C)c(C)c2c(=O)n1CC. The maximum atomic E-state index is 12.9. The van der Waals surface area contributed by atoms with Gasteiger partial charge in [0.15, 0.2) is 5.16 Å². The minimum atomic E-state index is -0.0130. The monoisotopic (exact) mass is 415 g/mol. The van der Waals surface area contributed by atoms with Gasteiger partial charge in [-0.15, -0.1) is 11.3 Å². The lowest BCUT2D eigenvalue weighted by atomic mass is 10.2. The summed E-state index contributed by atoms with van der Waals surface area (Å²) in [7, 11) is 0. The van der Waals surface area contributed by atoms with E-state index < -0.39 is 0 Å². The third-order valence-electron chi connectivity index (χ3n) is 4.85. The summed E-state index contributed by atoms with van der Waals surface area (Å²) in [5.74, 6) is 0.314. The zero-order valence-electron chi connectivity index (χ0n) is 16.7. The molecule has 1 aromatic carbocycles. The van der Waals surface area contributed by atoms with Crippen molar-refractivity contribution in [1.29, 1.82) is 0 Å². The number of fused-ring (bicyclic) bond motifs is 1. The van der Waals surface area contributed by atoms with Gasteiger partial charge < -0.3 is 4.90 Å². The highest BCUT2D eigenvalue weighted by Crippen LogP contribution is 2.28. The normalized spacial score (nSPS) is 11.1. The number of carbonyl (C=O) groups excluding carboxylic acids is 1. The quantitative estimate of drug-likeness (QED) is 0.428. The number of hydrogen-bond acceptors (Lipinski definition) is 5. The van der Waals surface area contributed by atoms with E-state index in [1.165, 1.54) is 23.1 Å². The van der Waals surface area contributed by atoms with Crippen LogP contribution in [-0.4, -0.2) is 32.7 Å². The number of benzene rings is 1. The fourth-order valence-corrected chi connectivity index (χ4v) is 5.13. The third-order valence-corrected chi connectivity index (χ3v) is 6.91. The summed E-state index contributed by atoms with van der Waals surface area (Å²) in [6.45, 7) is 9.66. The second-order valence-electron chi connectivity index (χ2n) is 6.59. The molecule has 0 aliphatic rings. The van der Waals surface area contributed by atoms with Crippen LogP contribution in [0.15, 0.2) is 40.3 Å². The van der Waals surface area contributed by atoms with Crippen LogP contribution >= 0.6 is 23.1 Å². The van der Waals surface area contributed by atoms with Crippen LogP contribution in [0.3, 0.4) is 0 Å². The average Bonchev–Trinajstić information content (AvgIpc) is 2.99. The van der Waals surface area contributed by atoms with Crippen molar-refractivity contribution in [3.05, 3.63) is 56.7 Å². The summed E-state index contributed by atoms with van der Waals surface area (Å²) >= 11 is 2.89. The second kappa shape index (κ2) is 8.92. The topological polar surface area (TPSA) is 55.2 Å². The molecule has 28 heavy (non-hydrogen) atoms. The Kier molecular flexibility index (Phi) is 6.57. The molecule has 148 valence electrons. The highest BCUT2D eigenvalue weighted by Gasteiger charge is 2.18. The maximum absolute atomic E-state index is 12.9. The Labute approximate surface area is 173 Å². The molecule has 0 N–H and O–H groups in total. The maximum Gasteiger partial charge on any atom is 0.263 e. The van der Waals surface area contributed by atoms with Crippen LogP contribution in [0.2, 0.25) is 0 Å². The second-order valence-corrected chi connectivity index (χ2v) is 8.74. The number of amides is 1. The largest absolute Gasteiger partial charge is 0.338 e. The predicted molar refractivity (Wildman–Crippen MR) is 117 cm³/mol. The fraction of sp³-hybridized carbons (Fsp3) is 0.381. The van der Waals surface area contributed by atoms with Crippen molar-refractivity contribution in [3.8, 4) is 0 Å². The molecule has 7 heteroatoms. The standard InChI is InChI=1S/C21H25N3O2S2/c1-5-23(12-16-10-8-7-9-11-16)17(25)13-27-21-22-19-18(14(3)15(4)28-19)20(26)24(21)6-2/h7-11H,5-6,12-13H2,1-4H3. The predicted octanol–water partition coefficient (Wildman–Crippen LogP) is 4.24. The third kappa shape index (κ3) is 4.15. The van der Waals surface area contributed by atoms with Crippen molar-refractivity contribution in [2.75, 3.05) is 12.3 Å². The van der Waals surface area contributed by atoms with Gasteiger partial charge in [-0.05, 0) is 38.8 Å². The minimum Gasteiger partial charge on any atom is -0.338 e. The van der Waals surface area contributed by atoms with E-state index in [-0.39, 0.29) is 17.2 Å². The Morgan fingerprint density at radius 3 is 2.57 bits per heavy atom. The Morgan fingerprint density at radius 2 is 1.93 bits per heavy atom. The Balaban J connectivity index is 1.80. The summed E-state index contributed by atoms with van der Waals surface area (Å²) in [5.41, 5.74) is 2.10. The van der Waals surface area contributed by atoms with E-state index in [2.05, 4.69) is 0 Å². The van der Waals surface area contributed by atoms with E-state index in [0.29, 0.717) is 30.2 Å². The summed E-state index contributed by atoms with van der Waals surface area (Å²) in [6.07, 6.45) is 0. The number of carbonyl (C=O) groups is 1. The lowest BCUT2D eigenvalue weighted by molar-refractivity contribution is -0.128. The van der Waals surface area contributed by atoms with Gasteiger partial charge >= 0.3 is 0 Å². The molecule has 5 nitrogen and oxygen atoms in total. The van der Waals surface area contributed by atoms with Gasteiger partial charge in [0.1, 0.15) is 4.83 Å². The molecule has 0 unspecified atom stereocenters. The zero-order chi connectivity index (χ0) is 20.3. The van der Waals surface area contributed by atoms with E-state index >= 15 is 0 Å². The number of thioether (sulfide) groups is 1. The molecule has 0 radical (unpaired) electrons. The molecule has 0 saturated heterocycles. The molecule has 0 bridgehead atoms. The molecular weight excluding hydrogens is 390 g/mol. The summed E-state index contributed by atoms with van der Waals surface area (Å²) in [6, 6.07) is 9.97.